The third-order valence-electron chi connectivity index (χ3n) is 1.74. The number of aromatic amines is 1. The van der Waals surface area contributed by atoms with Gasteiger partial charge in [0.15, 0.2) is 0 Å². The van der Waals surface area contributed by atoms with Crippen LogP contribution in [0.4, 0.5) is 4.39 Å². The van der Waals surface area contributed by atoms with E-state index in [0.717, 1.165) is 9.86 Å². The fourth-order valence-corrected chi connectivity index (χ4v) is 1.50. The minimum absolute atomic E-state index is 0.275. The van der Waals surface area contributed by atoms with Gasteiger partial charge in [0.2, 0.25) is 0 Å². The van der Waals surface area contributed by atoms with E-state index in [-0.39, 0.29) is 5.82 Å². The molecule has 0 radical (unpaired) electrons. The summed E-state index contributed by atoms with van der Waals surface area (Å²) in [6.07, 6.45) is 1.75. The number of nitrogens with one attached hydrogen (secondary N) is 1. The lowest BCUT2D eigenvalue weighted by molar-refractivity contribution is 0.613. The molecule has 0 aliphatic rings. The summed E-state index contributed by atoms with van der Waals surface area (Å²) < 4.78 is 13.8. The number of H-pyrrole nitrogens is 1. The Morgan fingerprint density at radius 2 is 2.33 bits per heavy atom. The second-order valence-electron chi connectivity index (χ2n) is 2.59. The summed E-state index contributed by atoms with van der Waals surface area (Å²) in [4.78, 5) is 6.97. The van der Waals surface area contributed by atoms with Crippen molar-refractivity contribution in [3.63, 3.8) is 0 Å². The van der Waals surface area contributed by atoms with Gasteiger partial charge in [-0.25, -0.2) is 9.37 Å². The smallest absolute Gasteiger partial charge is 0.145 e. The molecule has 0 bridgehead atoms. The lowest BCUT2D eigenvalue weighted by atomic mass is 10.3. The summed E-state index contributed by atoms with van der Waals surface area (Å²) in [6, 6.07) is 1.47. The van der Waals surface area contributed by atoms with E-state index in [2.05, 4.69) is 25.9 Å². The summed E-state index contributed by atoms with van der Waals surface area (Å²) in [5.41, 5.74) is 1.12. The summed E-state index contributed by atoms with van der Waals surface area (Å²) in [7, 11) is 0. The highest BCUT2D eigenvalue weighted by molar-refractivity contribution is 9.10. The number of hydrogen-bond acceptors (Lipinski definition) is 1. The fourth-order valence-electron chi connectivity index (χ4n) is 1.08. The molecule has 1 N–H and O–H groups in total. The molecular weight excluding hydrogens is 223 g/mol. The molecule has 0 aliphatic heterocycles. The Morgan fingerprint density at radius 3 is 3.08 bits per heavy atom. The Morgan fingerprint density at radius 1 is 1.58 bits per heavy atom. The normalized spacial score (nSPS) is 10.9. The number of fused-ring (bicyclic) bond motifs is 1. The second-order valence-corrected chi connectivity index (χ2v) is 3.44. The zero-order valence-electron chi connectivity index (χ0n) is 6.36. The van der Waals surface area contributed by atoms with Gasteiger partial charge in [0.25, 0.3) is 0 Å². The van der Waals surface area contributed by atoms with Crippen molar-refractivity contribution in [3.8, 4) is 0 Å². The van der Waals surface area contributed by atoms with Crippen LogP contribution in [-0.2, 0) is 0 Å². The van der Waals surface area contributed by atoms with Crippen molar-refractivity contribution in [3.05, 3.63) is 28.2 Å². The predicted octanol–water partition coefficient (Wildman–Crippen LogP) is 2.77. The molecule has 0 saturated carbocycles. The van der Waals surface area contributed by atoms with Crippen LogP contribution >= 0.6 is 15.9 Å². The Kier molecular flexibility index (Phi) is 1.65. The van der Waals surface area contributed by atoms with Crippen molar-refractivity contribution in [2.24, 2.45) is 0 Å². The molecule has 0 atom stereocenters. The third kappa shape index (κ3) is 1.03. The van der Waals surface area contributed by atoms with E-state index in [9.17, 15) is 4.39 Å². The maximum absolute atomic E-state index is 13.0. The van der Waals surface area contributed by atoms with Gasteiger partial charge in [-0.15, -0.1) is 0 Å². The Hall–Kier alpha value is -0.900. The van der Waals surface area contributed by atoms with Crippen LogP contribution in [0, 0.1) is 12.7 Å². The number of hydrogen-bond donors (Lipinski definition) is 1. The number of pyridine rings is 1. The molecule has 0 saturated heterocycles. The van der Waals surface area contributed by atoms with Gasteiger partial charge in [-0.3, -0.25) is 0 Å². The highest BCUT2D eigenvalue weighted by Crippen LogP contribution is 2.23. The molecule has 0 amide bonds. The van der Waals surface area contributed by atoms with Crippen LogP contribution in [0.3, 0.4) is 0 Å². The van der Waals surface area contributed by atoms with Crippen LogP contribution in [0.5, 0.6) is 0 Å². The van der Waals surface area contributed by atoms with Crippen molar-refractivity contribution in [2.45, 2.75) is 6.92 Å². The molecule has 2 rings (SSSR count). The minimum Gasteiger partial charge on any atom is -0.345 e. The number of aryl methyl sites for hydroxylation is 1. The zero-order chi connectivity index (χ0) is 8.72. The molecule has 62 valence electrons. The van der Waals surface area contributed by atoms with Crippen LogP contribution < -0.4 is 0 Å². The molecule has 2 aromatic heterocycles. The van der Waals surface area contributed by atoms with E-state index < -0.39 is 0 Å². The first-order valence-corrected chi connectivity index (χ1v) is 4.27. The van der Waals surface area contributed by atoms with Gasteiger partial charge in [0.1, 0.15) is 11.5 Å². The van der Waals surface area contributed by atoms with Gasteiger partial charge >= 0.3 is 0 Å². The van der Waals surface area contributed by atoms with E-state index in [1.807, 2.05) is 0 Å². The molecule has 0 aliphatic carbocycles. The van der Waals surface area contributed by atoms with Gasteiger partial charge < -0.3 is 4.98 Å². The lowest BCUT2D eigenvalue weighted by Crippen LogP contribution is -1.87. The molecule has 2 aromatic rings. The van der Waals surface area contributed by atoms with E-state index in [1.165, 1.54) is 6.07 Å². The number of halogens is 2. The standard InChI is InChI=1S/C8H6BrFN2/c1-4-7(10)2-5-6(9)3-11-8(5)12-4/h2-3H,1H3,(H,11,12). The molecule has 2 nitrogen and oxygen atoms in total. The largest absolute Gasteiger partial charge is 0.345 e. The van der Waals surface area contributed by atoms with E-state index >= 15 is 0 Å². The first-order valence-electron chi connectivity index (χ1n) is 3.48. The average Bonchev–Trinajstić information content (AvgIpc) is 2.35. The Bertz CT molecular complexity index is 436. The van der Waals surface area contributed by atoms with Crippen LogP contribution in [-0.4, -0.2) is 9.97 Å². The monoisotopic (exact) mass is 228 g/mol. The van der Waals surface area contributed by atoms with Gasteiger partial charge in [-0.05, 0) is 28.9 Å². The van der Waals surface area contributed by atoms with Gasteiger partial charge in [0, 0.05) is 16.1 Å². The van der Waals surface area contributed by atoms with Crippen molar-refractivity contribution in [2.75, 3.05) is 0 Å². The van der Waals surface area contributed by atoms with Crippen LogP contribution in [0.25, 0.3) is 11.0 Å². The van der Waals surface area contributed by atoms with Crippen LogP contribution in [0.2, 0.25) is 0 Å². The minimum atomic E-state index is -0.275. The van der Waals surface area contributed by atoms with Crippen LogP contribution in [0.1, 0.15) is 5.69 Å². The van der Waals surface area contributed by atoms with E-state index in [0.29, 0.717) is 11.3 Å². The fraction of sp³-hybridized carbons (Fsp3) is 0.125. The first kappa shape index (κ1) is 7.73. The van der Waals surface area contributed by atoms with E-state index in [4.69, 9.17) is 0 Å². The zero-order valence-corrected chi connectivity index (χ0v) is 7.94. The van der Waals surface area contributed by atoms with Crippen LogP contribution in [0.15, 0.2) is 16.7 Å². The number of rotatable bonds is 0. The highest BCUT2D eigenvalue weighted by atomic mass is 79.9. The average molecular weight is 229 g/mol. The summed E-state index contributed by atoms with van der Waals surface area (Å²) in [5, 5.41) is 0.776. The Balaban J connectivity index is 2.87. The second kappa shape index (κ2) is 2.55. The molecule has 0 unspecified atom stereocenters. The summed E-state index contributed by atoms with van der Waals surface area (Å²) >= 11 is 3.29. The van der Waals surface area contributed by atoms with Crippen molar-refractivity contribution in [1.82, 2.24) is 9.97 Å². The molecule has 2 heterocycles. The molecule has 0 spiro atoms. The predicted molar refractivity (Wildman–Crippen MR) is 48.5 cm³/mol. The van der Waals surface area contributed by atoms with Gasteiger partial charge in [0.05, 0.1) is 5.69 Å². The van der Waals surface area contributed by atoms with Gasteiger partial charge in [-0.1, -0.05) is 0 Å². The van der Waals surface area contributed by atoms with Crippen molar-refractivity contribution in [1.29, 1.82) is 0 Å². The van der Waals surface area contributed by atoms with Gasteiger partial charge in [-0.2, -0.15) is 0 Å². The summed E-state index contributed by atoms with van der Waals surface area (Å²) in [6.45, 7) is 1.64. The maximum Gasteiger partial charge on any atom is 0.145 e. The maximum atomic E-state index is 13.0. The van der Waals surface area contributed by atoms with E-state index in [1.54, 1.807) is 13.1 Å². The summed E-state index contributed by atoms with van der Waals surface area (Å²) in [5.74, 6) is -0.275. The highest BCUT2D eigenvalue weighted by Gasteiger charge is 2.05. The van der Waals surface area contributed by atoms with Crippen molar-refractivity contribution < 1.29 is 4.39 Å². The SMILES string of the molecule is Cc1nc2[nH]cc(Br)c2cc1F. The number of nitrogens with zero attached hydrogens (tertiary/aromatic N) is 1. The topological polar surface area (TPSA) is 28.7 Å². The molecule has 0 aromatic carbocycles. The first-order chi connectivity index (χ1) is 5.68. The lowest BCUT2D eigenvalue weighted by Gasteiger charge is -1.95. The number of aromatic nitrogens is 2. The Labute approximate surface area is 76.9 Å². The van der Waals surface area contributed by atoms with Crippen molar-refractivity contribution >= 4 is 27.0 Å². The molecular formula is C8H6BrFN2. The quantitative estimate of drug-likeness (QED) is 0.739. The third-order valence-corrected chi connectivity index (χ3v) is 2.40. The molecule has 4 heteroatoms. The molecule has 12 heavy (non-hydrogen) atoms. The molecule has 0 fully saturated rings.